The number of nitrogens with zero attached hydrogens (tertiary/aromatic N) is 7. The van der Waals surface area contributed by atoms with Crippen LogP contribution in [0.5, 0.6) is 6.01 Å². The molecule has 50 heavy (non-hydrogen) atoms. The number of ether oxygens (including phenoxy) is 2. The second-order valence-corrected chi connectivity index (χ2v) is 14.7. The van der Waals surface area contributed by atoms with Crippen LogP contribution in [-0.4, -0.2) is 91.4 Å². The van der Waals surface area contributed by atoms with Crippen molar-refractivity contribution in [2.75, 3.05) is 44.3 Å². The summed E-state index contributed by atoms with van der Waals surface area (Å²) in [6.07, 6.45) is 1.51. The molecule has 1 N–H and O–H groups in total. The number of piperidine rings is 1. The molecule has 4 aliphatic heterocycles. The summed E-state index contributed by atoms with van der Waals surface area (Å²) in [5.41, 5.74) is -3.62. The second-order valence-electron chi connectivity index (χ2n) is 14.4. The molecule has 4 atom stereocenters. The summed E-state index contributed by atoms with van der Waals surface area (Å²) >= 11 is 6.50. The molecule has 0 radical (unpaired) electrons. The van der Waals surface area contributed by atoms with Gasteiger partial charge in [0.2, 0.25) is 0 Å². The molecule has 3 aromatic heterocycles. The third-order valence-electron chi connectivity index (χ3n) is 10.7. The molecule has 4 aliphatic rings. The standard InChI is InChI=1S/C34H37ClF5N7O3/c1-32(48)7-4-9-45(17-32)30-21-14-41-29(27(37)28(21)43-31(44-30)50-18-33-8-5-10-46(33)16-19(36)13-33)25-20-15-42-47(24-6-2-3-11-49-24)23(20)12-22(26(25)35)34(38,39)40/h12,14-15,19,24,48H,2-11,13,16-18H2,1H3/t19-,24?,32-,33+/m1/s1. The molecule has 268 valence electrons. The molecule has 8 rings (SSSR count). The molecular weight excluding hydrogens is 685 g/mol. The first-order valence-electron chi connectivity index (χ1n) is 17.1. The van der Waals surface area contributed by atoms with Gasteiger partial charge in [-0.25, -0.2) is 13.5 Å². The van der Waals surface area contributed by atoms with Gasteiger partial charge in [-0.3, -0.25) is 9.88 Å². The Labute approximate surface area is 289 Å². The van der Waals surface area contributed by atoms with E-state index in [4.69, 9.17) is 21.1 Å². The van der Waals surface area contributed by atoms with Gasteiger partial charge in [0.15, 0.2) is 12.0 Å². The fourth-order valence-corrected chi connectivity index (χ4v) is 8.65. The van der Waals surface area contributed by atoms with Crippen molar-refractivity contribution in [3.05, 3.63) is 34.9 Å². The largest absolute Gasteiger partial charge is 0.461 e. The van der Waals surface area contributed by atoms with Gasteiger partial charge in [-0.1, -0.05) is 11.6 Å². The van der Waals surface area contributed by atoms with Crippen molar-refractivity contribution in [1.29, 1.82) is 0 Å². The highest BCUT2D eigenvalue weighted by molar-refractivity contribution is 6.36. The summed E-state index contributed by atoms with van der Waals surface area (Å²) in [6.45, 7) is 3.97. The smallest absolute Gasteiger partial charge is 0.417 e. The highest BCUT2D eigenvalue weighted by Crippen LogP contribution is 2.46. The van der Waals surface area contributed by atoms with Crippen molar-refractivity contribution >= 4 is 39.2 Å². The summed E-state index contributed by atoms with van der Waals surface area (Å²) in [7, 11) is 0. The lowest BCUT2D eigenvalue weighted by Gasteiger charge is -2.38. The first kappa shape index (κ1) is 33.7. The fraction of sp³-hybridized carbons (Fsp3) is 0.588. The number of hydrogen-bond acceptors (Lipinski definition) is 9. The van der Waals surface area contributed by atoms with E-state index in [0.717, 1.165) is 38.3 Å². The number of rotatable bonds is 6. The van der Waals surface area contributed by atoms with Crippen molar-refractivity contribution in [1.82, 2.24) is 29.6 Å². The van der Waals surface area contributed by atoms with Crippen LogP contribution in [0.3, 0.4) is 0 Å². The van der Waals surface area contributed by atoms with Gasteiger partial charge < -0.3 is 19.5 Å². The number of aliphatic hydroxyl groups is 1. The fourth-order valence-electron chi connectivity index (χ4n) is 8.30. The topological polar surface area (TPSA) is 102 Å². The first-order chi connectivity index (χ1) is 23.8. The lowest BCUT2D eigenvalue weighted by molar-refractivity contribution is -0.137. The number of anilines is 1. The molecule has 0 spiro atoms. The third-order valence-corrected chi connectivity index (χ3v) is 11.1. The zero-order valence-corrected chi connectivity index (χ0v) is 28.2. The van der Waals surface area contributed by atoms with Crippen molar-refractivity contribution < 1.29 is 36.5 Å². The SMILES string of the molecule is C[C@@]1(O)CCCN(c2nc(OC[C@@]34CCCN3C[C@H](F)C4)nc3c(F)c(-c4c(Cl)c(C(F)(F)F)cc5c4cnn5C4CCCCO4)ncc23)C1. The monoisotopic (exact) mass is 721 g/mol. The molecule has 1 unspecified atom stereocenters. The van der Waals surface area contributed by atoms with Gasteiger partial charge in [0.25, 0.3) is 0 Å². The van der Waals surface area contributed by atoms with Gasteiger partial charge in [0.05, 0.1) is 38.8 Å². The van der Waals surface area contributed by atoms with Crippen LogP contribution in [0.1, 0.15) is 70.1 Å². The van der Waals surface area contributed by atoms with E-state index in [-0.39, 0.29) is 52.3 Å². The molecule has 0 bridgehead atoms. The van der Waals surface area contributed by atoms with Gasteiger partial charge >= 0.3 is 12.2 Å². The van der Waals surface area contributed by atoms with Gasteiger partial charge in [0, 0.05) is 49.8 Å². The summed E-state index contributed by atoms with van der Waals surface area (Å²) in [5, 5.41) is 14.9. The van der Waals surface area contributed by atoms with E-state index in [1.165, 1.54) is 17.1 Å². The molecule has 0 amide bonds. The van der Waals surface area contributed by atoms with Crippen molar-refractivity contribution in [3.8, 4) is 17.3 Å². The van der Waals surface area contributed by atoms with Crippen molar-refractivity contribution in [3.63, 3.8) is 0 Å². The molecule has 1 aromatic carbocycles. The first-order valence-corrected chi connectivity index (χ1v) is 17.5. The number of benzene rings is 1. The molecule has 0 aliphatic carbocycles. The lowest BCUT2D eigenvalue weighted by Crippen LogP contribution is -2.46. The molecular formula is C34H37ClF5N7O3. The molecule has 10 nitrogen and oxygen atoms in total. The predicted molar refractivity (Wildman–Crippen MR) is 175 cm³/mol. The number of pyridine rings is 1. The Balaban J connectivity index is 1.28. The average molecular weight is 722 g/mol. The van der Waals surface area contributed by atoms with Crippen LogP contribution >= 0.6 is 11.6 Å². The summed E-state index contributed by atoms with van der Waals surface area (Å²) in [5.74, 6) is -0.754. The molecule has 4 fully saturated rings. The van der Waals surface area contributed by atoms with Crippen LogP contribution in [0.15, 0.2) is 18.5 Å². The lowest BCUT2D eigenvalue weighted by atomic mass is 9.95. The molecule has 4 saturated heterocycles. The molecule has 0 saturated carbocycles. The van der Waals surface area contributed by atoms with Crippen LogP contribution in [0.4, 0.5) is 27.8 Å². The van der Waals surface area contributed by atoms with Crippen LogP contribution in [0.2, 0.25) is 5.02 Å². The minimum Gasteiger partial charge on any atom is -0.461 e. The van der Waals surface area contributed by atoms with E-state index in [1.54, 1.807) is 11.8 Å². The predicted octanol–water partition coefficient (Wildman–Crippen LogP) is 6.86. The van der Waals surface area contributed by atoms with Gasteiger partial charge in [-0.2, -0.15) is 28.2 Å². The maximum Gasteiger partial charge on any atom is 0.417 e. The summed E-state index contributed by atoms with van der Waals surface area (Å²) in [4.78, 5) is 17.3. The molecule has 16 heteroatoms. The quantitative estimate of drug-likeness (QED) is 0.214. The van der Waals surface area contributed by atoms with Crippen LogP contribution < -0.4 is 9.64 Å². The Bertz CT molecular complexity index is 1950. The van der Waals surface area contributed by atoms with E-state index in [2.05, 4.69) is 25.0 Å². The average Bonchev–Trinajstić information content (AvgIpc) is 3.75. The Hall–Kier alpha value is -3.40. The van der Waals surface area contributed by atoms with E-state index >= 15 is 4.39 Å². The molecule has 4 aromatic rings. The summed E-state index contributed by atoms with van der Waals surface area (Å²) in [6, 6.07) is 0.746. The van der Waals surface area contributed by atoms with Crippen LogP contribution in [-0.2, 0) is 10.9 Å². The van der Waals surface area contributed by atoms with Crippen LogP contribution in [0, 0.1) is 5.82 Å². The molecule has 7 heterocycles. The third kappa shape index (κ3) is 5.83. The maximum atomic E-state index is 17.0. The van der Waals surface area contributed by atoms with Gasteiger partial charge in [-0.15, -0.1) is 0 Å². The highest BCUT2D eigenvalue weighted by Gasteiger charge is 2.49. The van der Waals surface area contributed by atoms with E-state index < -0.39 is 51.8 Å². The maximum absolute atomic E-state index is 17.0. The minimum absolute atomic E-state index is 0.0796. The zero-order chi connectivity index (χ0) is 35.0. The second kappa shape index (κ2) is 12.4. The number of β-amino-alcohol motifs (C(OH)–C–C–N with tert-alkyl or cyclic N) is 1. The Morgan fingerprint density at radius 2 is 1.92 bits per heavy atom. The van der Waals surface area contributed by atoms with Crippen molar-refractivity contribution in [2.45, 2.75) is 88.0 Å². The zero-order valence-electron chi connectivity index (χ0n) is 27.4. The number of alkyl halides is 4. The van der Waals surface area contributed by atoms with E-state index in [0.29, 0.717) is 45.4 Å². The van der Waals surface area contributed by atoms with Gasteiger partial charge in [-0.05, 0) is 64.5 Å². The Kier molecular flexibility index (Phi) is 8.35. The van der Waals surface area contributed by atoms with Crippen molar-refractivity contribution in [2.24, 2.45) is 0 Å². The normalized spacial score (nSPS) is 27.8. The Morgan fingerprint density at radius 1 is 1.10 bits per heavy atom. The van der Waals surface area contributed by atoms with E-state index in [9.17, 15) is 22.7 Å². The number of fused-ring (bicyclic) bond motifs is 3. The number of aromatic nitrogens is 5. The number of hydrogen-bond donors (Lipinski definition) is 1. The van der Waals surface area contributed by atoms with Gasteiger partial charge in [0.1, 0.15) is 29.8 Å². The highest BCUT2D eigenvalue weighted by atomic mass is 35.5. The minimum atomic E-state index is -4.87. The number of halogens is 6. The Morgan fingerprint density at radius 3 is 2.68 bits per heavy atom. The van der Waals surface area contributed by atoms with Crippen LogP contribution in [0.25, 0.3) is 33.1 Å². The summed E-state index contributed by atoms with van der Waals surface area (Å²) < 4.78 is 88.3. The van der Waals surface area contributed by atoms with E-state index in [1.807, 2.05) is 0 Å².